The van der Waals surface area contributed by atoms with Crippen LogP contribution in [-0.4, -0.2) is 182 Å². The molecule has 9 amide bonds. The van der Waals surface area contributed by atoms with Gasteiger partial charge >= 0.3 is 58.3 Å². The number of esters is 4. The Morgan fingerprint density at radius 1 is 0.453 bits per heavy atom. The summed E-state index contributed by atoms with van der Waals surface area (Å²) in [5.74, 6) is -7.58. The molecule has 2 aromatic rings. The average Bonchev–Trinajstić information content (AvgIpc) is 0.865. The van der Waals surface area contributed by atoms with Crippen molar-refractivity contribution >= 4 is 87.6 Å². The fourth-order valence-corrected chi connectivity index (χ4v) is 10.8. The molecular formula is C73H116N10O22S. The zero-order chi connectivity index (χ0) is 79.2. The van der Waals surface area contributed by atoms with Gasteiger partial charge in [0.25, 0.3) is 0 Å². The molecule has 2 rings (SSSR count). The van der Waals surface area contributed by atoms with Gasteiger partial charge in [0, 0.05) is 45.4 Å². The first-order valence-corrected chi connectivity index (χ1v) is 37.9. The molecule has 0 radical (unpaired) electrons. The topological polar surface area (TPSA) is 460 Å². The second kappa shape index (κ2) is 52.1. The van der Waals surface area contributed by atoms with Crippen LogP contribution in [0.5, 0.6) is 0 Å². The molecular weight excluding hydrogens is 1400 g/mol. The number of carbonyl (C=O) groups is 13. The van der Waals surface area contributed by atoms with Crippen LogP contribution in [0.15, 0.2) is 48.5 Å². The summed E-state index contributed by atoms with van der Waals surface area (Å²) in [4.78, 5) is 169. The lowest BCUT2D eigenvalue weighted by Crippen LogP contribution is -2.46. The van der Waals surface area contributed by atoms with E-state index in [2.05, 4.69) is 45.2 Å². The monoisotopic (exact) mass is 1520 g/mol. The van der Waals surface area contributed by atoms with Crippen molar-refractivity contribution in [3.63, 3.8) is 0 Å². The number of amides is 9. The molecule has 32 nitrogen and oxygen atoms in total. The van der Waals surface area contributed by atoms with Gasteiger partial charge in [-0.3, -0.25) is 43.2 Å². The van der Waals surface area contributed by atoms with Gasteiger partial charge in [-0.2, -0.15) is 13.1 Å². The van der Waals surface area contributed by atoms with Gasteiger partial charge < -0.3 is 76.1 Å². The third-order valence-corrected chi connectivity index (χ3v) is 17.5. The highest BCUT2D eigenvalue weighted by molar-refractivity contribution is 7.88. The van der Waals surface area contributed by atoms with Crippen molar-refractivity contribution in [2.24, 2.45) is 52.9 Å². The van der Waals surface area contributed by atoms with Crippen molar-refractivity contribution in [3.05, 3.63) is 70.8 Å². The Balaban J connectivity index is 2.18. The van der Waals surface area contributed by atoms with Crippen molar-refractivity contribution in [1.29, 1.82) is 0 Å². The Bertz CT molecular complexity index is 3050. The van der Waals surface area contributed by atoms with E-state index in [0.29, 0.717) is 34.6 Å². The fraction of sp³-hybridized carbons (Fsp3) is 0.658. The predicted molar refractivity (Wildman–Crippen MR) is 390 cm³/mol. The normalized spacial score (nSPS) is 12.4. The molecule has 0 spiro atoms. The highest BCUT2D eigenvalue weighted by atomic mass is 32.2. The predicted octanol–water partition coefficient (Wildman–Crippen LogP) is 5.80. The first-order valence-electron chi connectivity index (χ1n) is 36.4. The summed E-state index contributed by atoms with van der Waals surface area (Å²) >= 11 is 0. The van der Waals surface area contributed by atoms with Crippen molar-refractivity contribution in [1.82, 2.24) is 40.9 Å². The van der Waals surface area contributed by atoms with Crippen LogP contribution in [0.2, 0.25) is 0 Å². The third-order valence-electron chi connectivity index (χ3n) is 16.4. The summed E-state index contributed by atoms with van der Waals surface area (Å²) in [6.07, 6.45) is 2.96. The molecule has 0 aliphatic heterocycles. The number of primary amides is 2. The Hall–Kier alpha value is -8.98. The van der Waals surface area contributed by atoms with Gasteiger partial charge in [0.05, 0.1) is 81.5 Å². The van der Waals surface area contributed by atoms with Crippen molar-refractivity contribution in [3.8, 4) is 0 Å². The maximum absolute atomic E-state index is 14.0. The molecule has 596 valence electrons. The number of hydrogen-bond acceptors (Lipinski definition) is 22. The average molecular weight is 1520 g/mol. The SMILES string of the molecule is CC(C)CCCCCCC(=O)NCCCOC(=O)NS(=O)(=O)NCCOCCOC(=O)N(CCOC(=O)C[C@H](C(=O)N[C@@H](CCCNC(N)=O)C(=O)Cc1ccc(COC(=O)C(C)C)cc1)C(C)C)CCOC(=O)C[C@H](C(=O)N[C@@H](CCCNC(N)=O)C(=O)Cc1ccc(COC(=O)C(C)C)cc1)C(C)C. The number of Topliss-reactive ketones (excluding diaryl/α,β-unsaturated/α-hetero) is 2. The van der Waals surface area contributed by atoms with Crippen LogP contribution < -0.4 is 47.5 Å². The molecule has 0 saturated carbocycles. The van der Waals surface area contributed by atoms with E-state index >= 15 is 0 Å². The highest BCUT2D eigenvalue weighted by Gasteiger charge is 2.33. The molecule has 0 saturated heterocycles. The molecule has 0 aliphatic rings. The lowest BCUT2D eigenvalue weighted by atomic mass is 9.90. The molecule has 2 aromatic carbocycles. The number of nitrogens with two attached hydrogens (primary N) is 2. The van der Waals surface area contributed by atoms with E-state index in [1.807, 2.05) is 0 Å². The van der Waals surface area contributed by atoms with Crippen LogP contribution in [0.4, 0.5) is 19.2 Å². The number of hydrogen-bond donors (Lipinski definition) is 9. The maximum Gasteiger partial charge on any atom is 0.421 e. The number of rotatable bonds is 55. The molecule has 4 atom stereocenters. The smallest absolute Gasteiger partial charge is 0.421 e. The van der Waals surface area contributed by atoms with Crippen LogP contribution in [0, 0.1) is 41.4 Å². The molecule has 33 heteroatoms. The maximum atomic E-state index is 14.0. The summed E-state index contributed by atoms with van der Waals surface area (Å²) in [5.41, 5.74) is 13.1. The molecule has 0 heterocycles. The van der Waals surface area contributed by atoms with Crippen LogP contribution in [0.3, 0.4) is 0 Å². The summed E-state index contributed by atoms with van der Waals surface area (Å²) in [6, 6.07) is 9.96. The van der Waals surface area contributed by atoms with Crippen LogP contribution in [0.1, 0.15) is 175 Å². The summed E-state index contributed by atoms with van der Waals surface area (Å²) in [6.45, 7) is 15.4. The molecule has 106 heavy (non-hydrogen) atoms. The minimum atomic E-state index is -4.40. The van der Waals surface area contributed by atoms with E-state index in [1.54, 1.807) is 109 Å². The van der Waals surface area contributed by atoms with Crippen LogP contribution in [0.25, 0.3) is 0 Å². The van der Waals surface area contributed by atoms with Gasteiger partial charge in [-0.15, -0.1) is 0 Å². The number of unbranched alkanes of at least 4 members (excludes halogenated alkanes) is 3. The van der Waals surface area contributed by atoms with Crippen LogP contribution >= 0.6 is 0 Å². The second-order valence-electron chi connectivity index (χ2n) is 27.4. The zero-order valence-corrected chi connectivity index (χ0v) is 64.1. The third kappa shape index (κ3) is 42.8. The first kappa shape index (κ1) is 93.1. The summed E-state index contributed by atoms with van der Waals surface area (Å²) < 4.78 is 66.3. The summed E-state index contributed by atoms with van der Waals surface area (Å²) in [5, 5.41) is 13.2. The first-order chi connectivity index (χ1) is 50.2. The molecule has 0 fully saturated rings. The minimum Gasteiger partial charge on any atom is -0.464 e. The van der Waals surface area contributed by atoms with Gasteiger partial charge in [0.2, 0.25) is 17.7 Å². The Kier molecular flexibility index (Phi) is 45.7. The van der Waals surface area contributed by atoms with Crippen molar-refractivity contribution in [2.75, 3.05) is 78.9 Å². The van der Waals surface area contributed by atoms with Crippen molar-refractivity contribution in [2.45, 2.75) is 191 Å². The Labute approximate surface area is 623 Å². The van der Waals surface area contributed by atoms with Crippen molar-refractivity contribution < 1.29 is 104 Å². The van der Waals surface area contributed by atoms with E-state index in [4.69, 9.17) is 44.6 Å². The van der Waals surface area contributed by atoms with E-state index in [-0.39, 0.29) is 158 Å². The Morgan fingerprint density at radius 3 is 1.33 bits per heavy atom. The van der Waals surface area contributed by atoms with Crippen LogP contribution in [-0.2, 0) is 113 Å². The van der Waals surface area contributed by atoms with E-state index in [0.717, 1.165) is 37.0 Å². The molecule has 0 bridgehead atoms. The van der Waals surface area contributed by atoms with E-state index < -0.39 is 127 Å². The van der Waals surface area contributed by atoms with Gasteiger partial charge in [-0.25, -0.2) is 23.9 Å². The van der Waals surface area contributed by atoms with Gasteiger partial charge in [-0.05, 0) is 78.5 Å². The minimum absolute atomic E-state index is 0.0354. The standard InChI is InChI=1S/C73H116N10O22S/c1-48(2)18-13-11-12-14-21-63(86)76-32-17-36-102-72(95)82-106(97,98)79-33-37-99-40-41-103-73(96)83(34-38-100-64(87)44-57(49(3)4)66(89)80-59(19-15-30-77-70(74)93)61(84)42-53-22-26-55(27-23-53)46-104-68(91)51(7)8)35-39-101-65(88)45-58(50(5)6)67(90)81-60(20-16-31-78-71(75)94)62(85)43-54-24-28-56(29-25-54)47-105-69(92)52(9)10/h22-29,48-52,57-60,79H,11-21,30-47H2,1-10H3,(H,76,86)(H,80,89)(H,81,90)(H,82,95)(H3,74,77,93)(H3,75,78,94)/t57-,58-,59-,60-/m0/s1. The van der Waals surface area contributed by atoms with Gasteiger partial charge in [0.1, 0.15) is 33.0 Å². The highest BCUT2D eigenvalue weighted by Crippen LogP contribution is 2.21. The van der Waals surface area contributed by atoms with Gasteiger partial charge in [-0.1, -0.05) is 143 Å². The lowest BCUT2D eigenvalue weighted by molar-refractivity contribution is -0.149. The molecule has 0 aromatic heterocycles. The number of benzene rings is 2. The number of ketones is 2. The van der Waals surface area contributed by atoms with E-state index in [9.17, 15) is 70.7 Å². The number of nitrogens with one attached hydrogen (secondary N) is 7. The number of urea groups is 2. The summed E-state index contributed by atoms with van der Waals surface area (Å²) in [7, 11) is -4.40. The largest absolute Gasteiger partial charge is 0.464 e. The number of ether oxygens (including phenoxy) is 7. The molecule has 11 N–H and O–H groups in total. The quantitative estimate of drug-likeness (QED) is 0.0214. The lowest BCUT2D eigenvalue weighted by Gasteiger charge is -2.25. The van der Waals surface area contributed by atoms with Gasteiger partial charge in [0.15, 0.2) is 11.6 Å². The Morgan fingerprint density at radius 2 is 0.896 bits per heavy atom. The molecule has 0 unspecified atom stereocenters. The second-order valence-corrected chi connectivity index (χ2v) is 28.9. The number of carbonyl (C=O) groups excluding carboxylic acids is 13. The van der Waals surface area contributed by atoms with E-state index in [1.165, 1.54) is 0 Å². The fourth-order valence-electron chi connectivity index (χ4n) is 10.1. The molecule has 0 aliphatic carbocycles. The number of nitrogens with zero attached hydrogens (tertiary/aromatic N) is 1. The zero-order valence-electron chi connectivity index (χ0n) is 63.3.